The minimum Gasteiger partial charge on any atom is -0.339 e. The Morgan fingerprint density at radius 2 is 1.73 bits per heavy atom. The van der Waals surface area contributed by atoms with Crippen LogP contribution in [0.5, 0.6) is 0 Å². The Kier molecular flexibility index (Phi) is 4.84. The van der Waals surface area contributed by atoms with E-state index < -0.39 is 10.0 Å². The van der Waals surface area contributed by atoms with Gasteiger partial charge in [0, 0.05) is 10.7 Å². The van der Waals surface area contributed by atoms with Crippen LogP contribution in [-0.2, 0) is 10.0 Å². The highest BCUT2D eigenvalue weighted by molar-refractivity contribution is 7.92. The molecular weight excluding hydrogens is 376 g/mol. The normalized spacial score (nSPS) is 11.4. The van der Waals surface area contributed by atoms with E-state index in [2.05, 4.69) is 30.4 Å². The third-order valence-corrected chi connectivity index (χ3v) is 5.54. The van der Waals surface area contributed by atoms with Crippen molar-refractivity contribution in [1.82, 2.24) is 20.4 Å². The number of aryl methyl sites for hydroxylation is 3. The van der Waals surface area contributed by atoms with Gasteiger partial charge in [0.2, 0.25) is 0 Å². The lowest BCUT2D eigenvalue weighted by Crippen LogP contribution is -2.16. The molecule has 3 N–H and O–H groups in total. The molecule has 0 radical (unpaired) electrons. The number of aromatic nitrogens is 4. The van der Waals surface area contributed by atoms with E-state index in [1.807, 2.05) is 19.1 Å². The van der Waals surface area contributed by atoms with Crippen LogP contribution in [0, 0.1) is 20.8 Å². The molecule has 2 aromatic heterocycles. The Labute approximate surface area is 156 Å². The van der Waals surface area contributed by atoms with Crippen LogP contribution in [0.3, 0.4) is 0 Å². The Morgan fingerprint density at radius 3 is 2.31 bits per heavy atom. The summed E-state index contributed by atoms with van der Waals surface area (Å²) in [5.74, 6) is 0.595. The van der Waals surface area contributed by atoms with Gasteiger partial charge in [-0.3, -0.25) is 9.82 Å². The second-order valence-electron chi connectivity index (χ2n) is 5.76. The molecule has 0 unspecified atom stereocenters. The van der Waals surface area contributed by atoms with Gasteiger partial charge in [0.05, 0.1) is 11.4 Å². The van der Waals surface area contributed by atoms with E-state index in [0.29, 0.717) is 22.2 Å². The lowest BCUT2D eigenvalue weighted by molar-refractivity contribution is 0.600. The van der Waals surface area contributed by atoms with E-state index in [1.54, 1.807) is 26.0 Å². The maximum absolute atomic E-state index is 12.5. The molecule has 2 heterocycles. The van der Waals surface area contributed by atoms with E-state index >= 15 is 0 Å². The van der Waals surface area contributed by atoms with Crippen molar-refractivity contribution in [2.45, 2.75) is 25.7 Å². The summed E-state index contributed by atoms with van der Waals surface area (Å²) in [5, 5.41) is 18.2. The van der Waals surface area contributed by atoms with Gasteiger partial charge in [-0.15, -0.1) is 10.2 Å². The third kappa shape index (κ3) is 3.78. The van der Waals surface area contributed by atoms with Crippen molar-refractivity contribution < 1.29 is 8.42 Å². The molecule has 0 amide bonds. The number of nitrogens with one attached hydrogen (secondary N) is 3. The third-order valence-electron chi connectivity index (χ3n) is 3.68. The highest BCUT2D eigenvalue weighted by atomic mass is 35.5. The first-order chi connectivity index (χ1) is 12.3. The minimum atomic E-state index is -3.80. The zero-order chi connectivity index (χ0) is 18.9. The summed E-state index contributed by atoms with van der Waals surface area (Å²) in [6.45, 7) is 5.17. The van der Waals surface area contributed by atoms with Crippen molar-refractivity contribution in [3.05, 3.63) is 52.3 Å². The number of hydrogen-bond acceptors (Lipinski definition) is 6. The van der Waals surface area contributed by atoms with Crippen LogP contribution >= 0.6 is 11.6 Å². The van der Waals surface area contributed by atoms with Gasteiger partial charge in [0.1, 0.15) is 4.90 Å². The summed E-state index contributed by atoms with van der Waals surface area (Å²) in [7, 11) is -3.80. The van der Waals surface area contributed by atoms with Gasteiger partial charge < -0.3 is 5.32 Å². The quantitative estimate of drug-likeness (QED) is 0.613. The van der Waals surface area contributed by atoms with Crippen LogP contribution < -0.4 is 10.0 Å². The number of sulfonamides is 1. The number of H-pyrrole nitrogens is 1. The summed E-state index contributed by atoms with van der Waals surface area (Å²) in [5.41, 5.74) is 2.63. The van der Waals surface area contributed by atoms with Crippen LogP contribution in [0.1, 0.15) is 17.0 Å². The van der Waals surface area contributed by atoms with Crippen molar-refractivity contribution in [2.24, 2.45) is 0 Å². The largest absolute Gasteiger partial charge is 0.339 e. The Balaban J connectivity index is 1.77. The van der Waals surface area contributed by atoms with Gasteiger partial charge in [-0.1, -0.05) is 11.6 Å². The highest BCUT2D eigenvalue weighted by Crippen LogP contribution is 2.23. The molecule has 26 heavy (non-hydrogen) atoms. The second-order valence-corrected chi connectivity index (χ2v) is 7.81. The molecule has 0 aliphatic heterocycles. The average molecular weight is 393 g/mol. The molecule has 0 atom stereocenters. The fraction of sp³-hybridized carbons (Fsp3) is 0.188. The number of benzene rings is 1. The second kappa shape index (κ2) is 6.93. The van der Waals surface area contributed by atoms with Gasteiger partial charge >= 0.3 is 0 Å². The lowest BCUT2D eigenvalue weighted by atomic mass is 10.2. The fourth-order valence-electron chi connectivity index (χ4n) is 2.48. The predicted octanol–water partition coefficient (Wildman–Crippen LogP) is 3.32. The lowest BCUT2D eigenvalue weighted by Gasteiger charge is -2.10. The molecule has 3 rings (SSSR count). The van der Waals surface area contributed by atoms with Gasteiger partial charge in [0.25, 0.3) is 10.0 Å². The first-order valence-corrected chi connectivity index (χ1v) is 9.53. The Morgan fingerprint density at radius 1 is 1.04 bits per heavy atom. The molecule has 0 aliphatic rings. The molecule has 10 heteroatoms. The summed E-state index contributed by atoms with van der Waals surface area (Å²) < 4.78 is 27.4. The van der Waals surface area contributed by atoms with E-state index in [0.717, 1.165) is 11.3 Å². The van der Waals surface area contributed by atoms with Crippen LogP contribution in [0.25, 0.3) is 0 Å². The first-order valence-electron chi connectivity index (χ1n) is 7.67. The van der Waals surface area contributed by atoms with Crippen LogP contribution in [-0.4, -0.2) is 28.8 Å². The monoisotopic (exact) mass is 392 g/mol. The van der Waals surface area contributed by atoms with Crippen molar-refractivity contribution in [2.75, 3.05) is 10.0 Å². The maximum Gasteiger partial charge on any atom is 0.266 e. The number of halogens is 1. The first kappa shape index (κ1) is 18.2. The van der Waals surface area contributed by atoms with Gasteiger partial charge in [-0.25, -0.2) is 8.42 Å². The average Bonchev–Trinajstić information content (AvgIpc) is 2.91. The summed E-state index contributed by atoms with van der Waals surface area (Å²) in [4.78, 5) is 0.110. The molecule has 0 fully saturated rings. The number of hydrogen-bond donors (Lipinski definition) is 3. The van der Waals surface area contributed by atoms with E-state index in [4.69, 9.17) is 11.6 Å². The molecule has 0 spiro atoms. The van der Waals surface area contributed by atoms with E-state index in [-0.39, 0.29) is 10.7 Å². The summed E-state index contributed by atoms with van der Waals surface area (Å²) in [6.07, 6.45) is 0. The Bertz CT molecular complexity index is 1030. The van der Waals surface area contributed by atoms with Crippen molar-refractivity contribution in [3.63, 3.8) is 0 Å². The van der Waals surface area contributed by atoms with Crippen molar-refractivity contribution in [3.8, 4) is 0 Å². The van der Waals surface area contributed by atoms with Crippen LogP contribution in [0.4, 0.5) is 17.3 Å². The smallest absolute Gasteiger partial charge is 0.266 e. The number of nitrogens with zero attached hydrogens (tertiary/aromatic N) is 3. The standard InChI is InChI=1S/C16H17ClN6O2S/c1-9-8-12(17)4-5-13(9)18-14-6-7-15(22-21-14)23-26(24,25)16-10(2)19-20-11(16)3/h4-8H,1-3H3,(H,18,21)(H,19,20)(H,22,23). The molecule has 0 bridgehead atoms. The van der Waals surface area contributed by atoms with E-state index in [9.17, 15) is 8.42 Å². The maximum atomic E-state index is 12.5. The molecule has 0 saturated carbocycles. The zero-order valence-corrected chi connectivity index (χ0v) is 15.9. The van der Waals surface area contributed by atoms with Crippen molar-refractivity contribution >= 4 is 38.9 Å². The summed E-state index contributed by atoms with van der Waals surface area (Å²) >= 11 is 5.94. The van der Waals surface area contributed by atoms with Crippen molar-refractivity contribution in [1.29, 1.82) is 0 Å². The number of rotatable bonds is 5. The van der Waals surface area contributed by atoms with Gasteiger partial charge in [-0.05, 0) is 56.7 Å². The molecule has 3 aromatic rings. The topological polar surface area (TPSA) is 113 Å². The fourth-order valence-corrected chi connectivity index (χ4v) is 4.08. The summed E-state index contributed by atoms with van der Waals surface area (Å²) in [6, 6.07) is 8.59. The molecular formula is C16H17ClN6O2S. The molecule has 0 saturated heterocycles. The molecule has 8 nitrogen and oxygen atoms in total. The molecule has 136 valence electrons. The number of aromatic amines is 1. The zero-order valence-electron chi connectivity index (χ0n) is 14.3. The minimum absolute atomic E-state index is 0.110. The SMILES string of the molecule is Cc1cc(Cl)ccc1Nc1ccc(NS(=O)(=O)c2c(C)n[nH]c2C)nn1. The predicted molar refractivity (Wildman–Crippen MR) is 100 cm³/mol. The van der Waals surface area contributed by atoms with Crippen LogP contribution in [0.2, 0.25) is 5.02 Å². The van der Waals surface area contributed by atoms with Gasteiger partial charge in [-0.2, -0.15) is 5.10 Å². The van der Waals surface area contributed by atoms with E-state index in [1.165, 1.54) is 6.07 Å². The Hall–Kier alpha value is -2.65. The highest BCUT2D eigenvalue weighted by Gasteiger charge is 2.22. The van der Waals surface area contributed by atoms with Gasteiger partial charge in [0.15, 0.2) is 11.6 Å². The molecule has 1 aromatic carbocycles. The number of anilines is 3. The molecule has 0 aliphatic carbocycles. The van der Waals surface area contributed by atoms with Crippen LogP contribution in [0.15, 0.2) is 35.2 Å².